The van der Waals surface area contributed by atoms with Gasteiger partial charge in [-0.1, -0.05) is 47.5 Å². The first kappa shape index (κ1) is 13.6. The SMILES string of the molecule is Clc1cccc(NCCSc2ccccc2)c1Cl. The van der Waals surface area contributed by atoms with Crippen LogP contribution in [0.25, 0.3) is 0 Å². The zero-order valence-corrected chi connectivity index (χ0v) is 12.0. The number of hydrogen-bond acceptors (Lipinski definition) is 2. The van der Waals surface area contributed by atoms with E-state index in [0.717, 1.165) is 18.0 Å². The van der Waals surface area contributed by atoms with Gasteiger partial charge >= 0.3 is 0 Å². The highest BCUT2D eigenvalue weighted by molar-refractivity contribution is 7.99. The Hall–Kier alpha value is -0.830. The normalized spacial score (nSPS) is 10.3. The predicted molar refractivity (Wildman–Crippen MR) is 82.1 cm³/mol. The van der Waals surface area contributed by atoms with E-state index in [2.05, 4.69) is 17.4 Å². The van der Waals surface area contributed by atoms with Crippen LogP contribution in [0.15, 0.2) is 53.4 Å². The minimum atomic E-state index is 0.581. The standard InChI is InChI=1S/C14H13Cl2NS/c15-12-7-4-8-13(14(12)16)17-9-10-18-11-5-2-1-3-6-11/h1-8,17H,9-10H2. The Morgan fingerprint density at radius 2 is 1.72 bits per heavy atom. The number of benzene rings is 2. The van der Waals surface area contributed by atoms with Gasteiger partial charge in [0.15, 0.2) is 0 Å². The minimum Gasteiger partial charge on any atom is -0.383 e. The number of nitrogens with one attached hydrogen (secondary N) is 1. The van der Waals surface area contributed by atoms with Gasteiger partial charge in [-0.25, -0.2) is 0 Å². The van der Waals surface area contributed by atoms with Crippen molar-refractivity contribution in [2.75, 3.05) is 17.6 Å². The van der Waals surface area contributed by atoms with Crippen molar-refractivity contribution in [3.8, 4) is 0 Å². The van der Waals surface area contributed by atoms with Crippen LogP contribution in [0, 0.1) is 0 Å². The Morgan fingerprint density at radius 1 is 0.944 bits per heavy atom. The van der Waals surface area contributed by atoms with Crippen LogP contribution < -0.4 is 5.32 Å². The molecular formula is C14H13Cl2NS. The molecule has 94 valence electrons. The van der Waals surface area contributed by atoms with Crippen molar-refractivity contribution < 1.29 is 0 Å². The molecule has 0 aliphatic heterocycles. The Labute approximate surface area is 121 Å². The van der Waals surface area contributed by atoms with Crippen LogP contribution in [0.3, 0.4) is 0 Å². The number of halogens is 2. The summed E-state index contributed by atoms with van der Waals surface area (Å²) in [7, 11) is 0. The monoisotopic (exact) mass is 297 g/mol. The van der Waals surface area contributed by atoms with E-state index in [1.807, 2.05) is 42.1 Å². The van der Waals surface area contributed by atoms with Crippen molar-refractivity contribution in [3.05, 3.63) is 58.6 Å². The molecule has 0 saturated heterocycles. The van der Waals surface area contributed by atoms with Crippen LogP contribution in [0.4, 0.5) is 5.69 Å². The van der Waals surface area contributed by atoms with E-state index < -0.39 is 0 Å². The maximum atomic E-state index is 6.09. The van der Waals surface area contributed by atoms with Gasteiger partial charge < -0.3 is 5.32 Å². The van der Waals surface area contributed by atoms with Crippen molar-refractivity contribution in [2.24, 2.45) is 0 Å². The molecule has 0 atom stereocenters. The highest BCUT2D eigenvalue weighted by atomic mass is 35.5. The molecule has 0 aliphatic carbocycles. The summed E-state index contributed by atoms with van der Waals surface area (Å²) in [4.78, 5) is 1.27. The third-order valence-corrected chi connectivity index (χ3v) is 4.21. The quantitative estimate of drug-likeness (QED) is 0.601. The third kappa shape index (κ3) is 3.84. The van der Waals surface area contributed by atoms with Crippen molar-refractivity contribution in [1.29, 1.82) is 0 Å². The van der Waals surface area contributed by atoms with E-state index in [0.29, 0.717) is 10.0 Å². The topological polar surface area (TPSA) is 12.0 Å². The van der Waals surface area contributed by atoms with E-state index in [4.69, 9.17) is 23.2 Å². The number of rotatable bonds is 5. The summed E-state index contributed by atoms with van der Waals surface area (Å²) in [5, 5.41) is 4.45. The van der Waals surface area contributed by atoms with Crippen LogP contribution in [-0.4, -0.2) is 12.3 Å². The second kappa shape index (κ2) is 6.93. The Balaban J connectivity index is 1.81. The van der Waals surface area contributed by atoms with E-state index >= 15 is 0 Å². The molecule has 0 heterocycles. The first-order valence-electron chi connectivity index (χ1n) is 5.63. The molecule has 4 heteroatoms. The molecule has 0 spiro atoms. The highest BCUT2D eigenvalue weighted by Crippen LogP contribution is 2.29. The summed E-state index contributed by atoms with van der Waals surface area (Å²) in [6, 6.07) is 15.9. The summed E-state index contributed by atoms with van der Waals surface area (Å²) < 4.78 is 0. The maximum Gasteiger partial charge on any atom is 0.0823 e. The lowest BCUT2D eigenvalue weighted by molar-refractivity contribution is 1.22. The van der Waals surface area contributed by atoms with Crippen molar-refractivity contribution in [1.82, 2.24) is 0 Å². The zero-order valence-electron chi connectivity index (χ0n) is 9.70. The average molecular weight is 298 g/mol. The lowest BCUT2D eigenvalue weighted by Crippen LogP contribution is -2.04. The molecule has 2 aromatic rings. The van der Waals surface area contributed by atoms with Gasteiger partial charge in [0.05, 0.1) is 15.7 Å². The first-order valence-corrected chi connectivity index (χ1v) is 7.37. The Morgan fingerprint density at radius 3 is 2.50 bits per heavy atom. The summed E-state index contributed by atoms with van der Waals surface area (Å²) in [5.74, 6) is 0.979. The third-order valence-electron chi connectivity index (χ3n) is 2.38. The molecule has 0 bridgehead atoms. The van der Waals surface area contributed by atoms with E-state index in [1.165, 1.54) is 4.90 Å². The first-order chi connectivity index (χ1) is 8.77. The molecular weight excluding hydrogens is 285 g/mol. The maximum absolute atomic E-state index is 6.09. The summed E-state index contributed by atoms with van der Waals surface area (Å²) in [5.41, 5.74) is 0.887. The second-order valence-electron chi connectivity index (χ2n) is 3.69. The Bertz CT molecular complexity index is 502. The predicted octanol–water partition coefficient (Wildman–Crippen LogP) is 5.20. The van der Waals surface area contributed by atoms with E-state index in [1.54, 1.807) is 6.07 Å². The van der Waals surface area contributed by atoms with Crippen LogP contribution in [-0.2, 0) is 0 Å². The molecule has 0 unspecified atom stereocenters. The van der Waals surface area contributed by atoms with Crippen molar-refractivity contribution in [2.45, 2.75) is 4.90 Å². The summed E-state index contributed by atoms with van der Waals surface area (Å²) >= 11 is 13.8. The summed E-state index contributed by atoms with van der Waals surface area (Å²) in [6.07, 6.45) is 0. The number of hydrogen-bond donors (Lipinski definition) is 1. The van der Waals surface area contributed by atoms with Crippen LogP contribution in [0.5, 0.6) is 0 Å². The molecule has 2 rings (SSSR count). The van der Waals surface area contributed by atoms with E-state index in [9.17, 15) is 0 Å². The number of thioether (sulfide) groups is 1. The molecule has 0 saturated carbocycles. The lowest BCUT2D eigenvalue weighted by Gasteiger charge is -2.09. The van der Waals surface area contributed by atoms with Gasteiger partial charge in [-0.05, 0) is 24.3 Å². The zero-order chi connectivity index (χ0) is 12.8. The van der Waals surface area contributed by atoms with Gasteiger partial charge in [-0.2, -0.15) is 0 Å². The molecule has 0 aliphatic rings. The Kier molecular flexibility index (Phi) is 5.24. The average Bonchev–Trinajstić information content (AvgIpc) is 2.40. The fourth-order valence-corrected chi connectivity index (χ4v) is 2.67. The molecule has 2 aromatic carbocycles. The fourth-order valence-electron chi connectivity index (χ4n) is 1.51. The van der Waals surface area contributed by atoms with Crippen LogP contribution in [0.2, 0.25) is 10.0 Å². The van der Waals surface area contributed by atoms with Gasteiger partial charge in [-0.15, -0.1) is 11.8 Å². The lowest BCUT2D eigenvalue weighted by atomic mass is 10.3. The second-order valence-corrected chi connectivity index (χ2v) is 5.64. The molecule has 1 N–H and O–H groups in total. The van der Waals surface area contributed by atoms with Gasteiger partial charge in [0.2, 0.25) is 0 Å². The number of anilines is 1. The highest BCUT2D eigenvalue weighted by Gasteiger charge is 2.02. The summed E-state index contributed by atoms with van der Waals surface area (Å²) in [6.45, 7) is 0.847. The van der Waals surface area contributed by atoms with Gasteiger partial charge in [0.25, 0.3) is 0 Å². The molecule has 0 aromatic heterocycles. The van der Waals surface area contributed by atoms with Crippen LogP contribution in [0.1, 0.15) is 0 Å². The largest absolute Gasteiger partial charge is 0.383 e. The molecule has 0 fully saturated rings. The molecule has 1 nitrogen and oxygen atoms in total. The van der Waals surface area contributed by atoms with Crippen LogP contribution >= 0.6 is 35.0 Å². The van der Waals surface area contributed by atoms with Crippen molar-refractivity contribution in [3.63, 3.8) is 0 Å². The fraction of sp³-hybridized carbons (Fsp3) is 0.143. The smallest absolute Gasteiger partial charge is 0.0823 e. The van der Waals surface area contributed by atoms with Gasteiger partial charge in [-0.3, -0.25) is 0 Å². The van der Waals surface area contributed by atoms with Gasteiger partial charge in [0.1, 0.15) is 0 Å². The van der Waals surface area contributed by atoms with Crippen molar-refractivity contribution >= 4 is 40.7 Å². The minimum absolute atomic E-state index is 0.581. The molecule has 0 radical (unpaired) electrons. The van der Waals surface area contributed by atoms with E-state index in [-0.39, 0.29) is 0 Å². The molecule has 18 heavy (non-hydrogen) atoms. The molecule has 0 amide bonds. The van der Waals surface area contributed by atoms with Gasteiger partial charge in [0, 0.05) is 17.2 Å².